The maximum atomic E-state index is 11.1. The van der Waals surface area contributed by atoms with Crippen molar-refractivity contribution in [3.05, 3.63) is 35.2 Å². The SMILES string of the molecule is Cc1nn(CCc2nccn2C)c(C)c1C(=O)O. The van der Waals surface area contributed by atoms with Crippen LogP contribution < -0.4 is 0 Å². The van der Waals surface area contributed by atoms with E-state index < -0.39 is 5.97 Å². The van der Waals surface area contributed by atoms with Crippen LogP contribution in [0.25, 0.3) is 0 Å². The maximum Gasteiger partial charge on any atom is 0.339 e. The molecule has 0 unspecified atom stereocenters. The number of hydrogen-bond donors (Lipinski definition) is 1. The number of carboxylic acid groups (broad SMARTS) is 1. The summed E-state index contributed by atoms with van der Waals surface area (Å²) in [5, 5.41) is 13.3. The number of aromatic carboxylic acids is 1. The van der Waals surface area contributed by atoms with Gasteiger partial charge in [0, 0.05) is 32.4 Å². The summed E-state index contributed by atoms with van der Waals surface area (Å²) in [6.45, 7) is 4.13. The second-order valence-electron chi connectivity index (χ2n) is 4.28. The maximum absolute atomic E-state index is 11.1. The number of rotatable bonds is 4. The molecule has 0 radical (unpaired) electrons. The Balaban J connectivity index is 2.18. The van der Waals surface area contributed by atoms with Gasteiger partial charge in [-0.2, -0.15) is 5.10 Å². The molecule has 0 atom stereocenters. The average Bonchev–Trinajstić information content (AvgIpc) is 2.80. The van der Waals surface area contributed by atoms with Crippen molar-refractivity contribution in [3.8, 4) is 0 Å². The molecule has 0 aliphatic heterocycles. The predicted molar refractivity (Wildman–Crippen MR) is 65.6 cm³/mol. The average molecular weight is 248 g/mol. The summed E-state index contributed by atoms with van der Waals surface area (Å²) in [5.41, 5.74) is 1.55. The van der Waals surface area contributed by atoms with E-state index in [9.17, 15) is 4.79 Å². The number of carboxylic acids is 1. The Labute approximate surface area is 105 Å². The number of imidazole rings is 1. The van der Waals surface area contributed by atoms with Crippen molar-refractivity contribution < 1.29 is 9.90 Å². The molecular formula is C12H16N4O2. The summed E-state index contributed by atoms with van der Waals surface area (Å²) >= 11 is 0. The third-order valence-corrected chi connectivity index (χ3v) is 3.06. The molecule has 2 aromatic rings. The Bertz CT molecular complexity index is 583. The van der Waals surface area contributed by atoms with Gasteiger partial charge in [-0.25, -0.2) is 9.78 Å². The smallest absolute Gasteiger partial charge is 0.339 e. The van der Waals surface area contributed by atoms with E-state index in [1.807, 2.05) is 17.8 Å². The Morgan fingerprint density at radius 1 is 1.44 bits per heavy atom. The van der Waals surface area contributed by atoms with Gasteiger partial charge in [0.1, 0.15) is 11.4 Å². The molecule has 0 aliphatic rings. The van der Waals surface area contributed by atoms with E-state index in [4.69, 9.17) is 5.11 Å². The monoisotopic (exact) mass is 248 g/mol. The van der Waals surface area contributed by atoms with Gasteiger partial charge in [-0.3, -0.25) is 4.68 Å². The van der Waals surface area contributed by atoms with Crippen LogP contribution in [0.2, 0.25) is 0 Å². The molecule has 6 nitrogen and oxygen atoms in total. The van der Waals surface area contributed by atoms with E-state index >= 15 is 0 Å². The quantitative estimate of drug-likeness (QED) is 0.881. The summed E-state index contributed by atoms with van der Waals surface area (Å²) in [7, 11) is 1.94. The van der Waals surface area contributed by atoms with Crippen LogP contribution in [-0.4, -0.2) is 30.4 Å². The van der Waals surface area contributed by atoms with Crippen molar-refractivity contribution in [3.63, 3.8) is 0 Å². The molecule has 2 rings (SSSR count). The van der Waals surface area contributed by atoms with Gasteiger partial charge in [0.15, 0.2) is 0 Å². The van der Waals surface area contributed by atoms with Gasteiger partial charge in [-0.05, 0) is 13.8 Å². The van der Waals surface area contributed by atoms with E-state index in [0.717, 1.165) is 12.2 Å². The number of aromatic nitrogens is 4. The first-order valence-corrected chi connectivity index (χ1v) is 5.74. The molecule has 0 saturated heterocycles. The van der Waals surface area contributed by atoms with Gasteiger partial charge in [0.25, 0.3) is 0 Å². The van der Waals surface area contributed by atoms with E-state index in [1.165, 1.54) is 0 Å². The minimum atomic E-state index is -0.923. The highest BCUT2D eigenvalue weighted by Gasteiger charge is 2.17. The van der Waals surface area contributed by atoms with Crippen LogP contribution in [0.5, 0.6) is 0 Å². The predicted octanol–water partition coefficient (Wildman–Crippen LogP) is 1.17. The topological polar surface area (TPSA) is 72.9 Å². The zero-order chi connectivity index (χ0) is 13.3. The summed E-state index contributed by atoms with van der Waals surface area (Å²) in [6, 6.07) is 0. The van der Waals surface area contributed by atoms with Gasteiger partial charge >= 0.3 is 5.97 Å². The lowest BCUT2D eigenvalue weighted by atomic mass is 10.2. The highest BCUT2D eigenvalue weighted by molar-refractivity contribution is 5.90. The molecule has 0 aliphatic carbocycles. The molecule has 0 amide bonds. The second-order valence-corrected chi connectivity index (χ2v) is 4.28. The van der Waals surface area contributed by atoms with Crippen LogP contribution in [0.3, 0.4) is 0 Å². The van der Waals surface area contributed by atoms with Crippen LogP contribution >= 0.6 is 0 Å². The van der Waals surface area contributed by atoms with E-state index in [2.05, 4.69) is 10.1 Å². The van der Waals surface area contributed by atoms with Gasteiger partial charge in [0.05, 0.1) is 11.4 Å². The van der Waals surface area contributed by atoms with E-state index in [1.54, 1.807) is 24.7 Å². The van der Waals surface area contributed by atoms with Crippen LogP contribution in [-0.2, 0) is 20.0 Å². The number of nitrogens with zero attached hydrogens (tertiary/aromatic N) is 4. The molecule has 0 spiro atoms. The summed E-state index contributed by atoms with van der Waals surface area (Å²) in [6.07, 6.45) is 4.36. The number of hydrogen-bond acceptors (Lipinski definition) is 3. The van der Waals surface area contributed by atoms with E-state index in [0.29, 0.717) is 23.5 Å². The fraction of sp³-hybridized carbons (Fsp3) is 0.417. The summed E-state index contributed by atoms with van der Waals surface area (Å²) in [5.74, 6) is 0.0349. The molecule has 0 fully saturated rings. The first kappa shape index (κ1) is 12.3. The molecule has 1 N–H and O–H groups in total. The van der Waals surface area contributed by atoms with Crippen molar-refractivity contribution in [2.75, 3.05) is 0 Å². The van der Waals surface area contributed by atoms with Crippen LogP contribution in [0.4, 0.5) is 0 Å². The number of carbonyl (C=O) groups is 1. The molecule has 96 valence electrons. The summed E-state index contributed by atoms with van der Waals surface area (Å²) in [4.78, 5) is 15.3. The third-order valence-electron chi connectivity index (χ3n) is 3.06. The molecule has 2 aromatic heterocycles. The Morgan fingerprint density at radius 3 is 2.67 bits per heavy atom. The fourth-order valence-electron chi connectivity index (χ4n) is 2.07. The lowest BCUT2D eigenvalue weighted by molar-refractivity contribution is 0.0695. The first-order valence-electron chi connectivity index (χ1n) is 5.74. The minimum Gasteiger partial charge on any atom is -0.478 e. The lowest BCUT2D eigenvalue weighted by Gasteiger charge is -2.04. The van der Waals surface area contributed by atoms with Crippen molar-refractivity contribution in [1.82, 2.24) is 19.3 Å². The largest absolute Gasteiger partial charge is 0.478 e. The van der Waals surface area contributed by atoms with Crippen LogP contribution in [0.1, 0.15) is 27.6 Å². The standard InChI is InChI=1S/C12H16N4O2/c1-8-11(12(17)18)9(2)16(14-8)6-4-10-13-5-7-15(10)3/h5,7H,4,6H2,1-3H3,(H,17,18). The Hall–Kier alpha value is -2.11. The highest BCUT2D eigenvalue weighted by atomic mass is 16.4. The second kappa shape index (κ2) is 4.64. The molecule has 18 heavy (non-hydrogen) atoms. The van der Waals surface area contributed by atoms with Crippen LogP contribution in [0, 0.1) is 13.8 Å². The zero-order valence-corrected chi connectivity index (χ0v) is 10.7. The molecular weight excluding hydrogens is 232 g/mol. The first-order chi connectivity index (χ1) is 8.50. The molecule has 0 bridgehead atoms. The zero-order valence-electron chi connectivity index (χ0n) is 10.7. The molecule has 6 heteroatoms. The van der Waals surface area contributed by atoms with Gasteiger partial charge in [-0.15, -0.1) is 0 Å². The molecule has 2 heterocycles. The third kappa shape index (κ3) is 2.13. The Kier molecular flexibility index (Phi) is 3.18. The lowest BCUT2D eigenvalue weighted by Crippen LogP contribution is -2.09. The normalized spacial score (nSPS) is 10.8. The molecule has 0 saturated carbocycles. The Morgan fingerprint density at radius 2 is 2.17 bits per heavy atom. The number of aryl methyl sites for hydroxylation is 4. The highest BCUT2D eigenvalue weighted by Crippen LogP contribution is 2.13. The van der Waals surface area contributed by atoms with Gasteiger partial charge < -0.3 is 9.67 Å². The fourth-order valence-corrected chi connectivity index (χ4v) is 2.07. The van der Waals surface area contributed by atoms with Gasteiger partial charge in [-0.1, -0.05) is 0 Å². The van der Waals surface area contributed by atoms with Crippen molar-refractivity contribution in [2.45, 2.75) is 26.8 Å². The molecule has 0 aromatic carbocycles. The van der Waals surface area contributed by atoms with Gasteiger partial charge in [0.2, 0.25) is 0 Å². The minimum absolute atomic E-state index is 0.301. The summed E-state index contributed by atoms with van der Waals surface area (Å²) < 4.78 is 3.68. The van der Waals surface area contributed by atoms with Crippen LogP contribution in [0.15, 0.2) is 12.4 Å². The van der Waals surface area contributed by atoms with Crippen molar-refractivity contribution in [1.29, 1.82) is 0 Å². The van der Waals surface area contributed by atoms with E-state index in [-0.39, 0.29) is 0 Å². The van der Waals surface area contributed by atoms with Crippen molar-refractivity contribution >= 4 is 5.97 Å². The van der Waals surface area contributed by atoms with Crippen molar-refractivity contribution in [2.24, 2.45) is 7.05 Å².